The summed E-state index contributed by atoms with van der Waals surface area (Å²) >= 11 is 0. The summed E-state index contributed by atoms with van der Waals surface area (Å²) in [6.45, 7) is 7.48. The first-order valence-corrected chi connectivity index (χ1v) is 9.43. The molecule has 0 amide bonds. The van der Waals surface area contributed by atoms with Crippen LogP contribution in [0.5, 0.6) is 0 Å². The Kier molecular flexibility index (Phi) is 4.90. The third-order valence-corrected chi connectivity index (χ3v) is 5.20. The minimum Gasteiger partial charge on any atom is -0.367 e. The van der Waals surface area contributed by atoms with E-state index in [1.807, 2.05) is 49.4 Å². The highest BCUT2D eigenvalue weighted by Crippen LogP contribution is 2.26. The molecule has 0 atom stereocenters. The zero-order chi connectivity index (χ0) is 19.5. The van der Waals surface area contributed by atoms with Crippen LogP contribution in [0, 0.1) is 25.2 Å². The van der Waals surface area contributed by atoms with Crippen LogP contribution in [0.15, 0.2) is 48.7 Å². The van der Waals surface area contributed by atoms with Crippen LogP contribution in [0.25, 0.3) is 11.5 Å². The molecule has 1 saturated heterocycles. The maximum absolute atomic E-state index is 9.37. The fourth-order valence-corrected chi connectivity index (χ4v) is 3.53. The van der Waals surface area contributed by atoms with Crippen molar-refractivity contribution in [3.05, 3.63) is 65.5 Å². The van der Waals surface area contributed by atoms with Crippen molar-refractivity contribution in [1.29, 1.82) is 5.26 Å². The molecule has 0 spiro atoms. The van der Waals surface area contributed by atoms with E-state index in [0.717, 1.165) is 60.2 Å². The first-order valence-electron chi connectivity index (χ1n) is 9.43. The lowest BCUT2D eigenvalue weighted by Crippen LogP contribution is -2.47. The van der Waals surface area contributed by atoms with E-state index in [1.165, 1.54) is 0 Å². The number of piperazine rings is 1. The van der Waals surface area contributed by atoms with Crippen LogP contribution in [0.1, 0.15) is 16.8 Å². The van der Waals surface area contributed by atoms with Crippen LogP contribution < -0.4 is 9.80 Å². The molecule has 6 nitrogen and oxygen atoms in total. The number of benzene rings is 1. The highest BCUT2D eigenvalue weighted by Gasteiger charge is 2.23. The van der Waals surface area contributed by atoms with Crippen molar-refractivity contribution >= 4 is 11.5 Å². The van der Waals surface area contributed by atoms with E-state index < -0.39 is 0 Å². The van der Waals surface area contributed by atoms with Gasteiger partial charge in [0, 0.05) is 43.6 Å². The van der Waals surface area contributed by atoms with Gasteiger partial charge in [-0.25, -0.2) is 9.97 Å². The lowest BCUT2D eigenvalue weighted by molar-refractivity contribution is 0.644. The number of nitriles is 1. The summed E-state index contributed by atoms with van der Waals surface area (Å²) in [7, 11) is 0. The Hall–Kier alpha value is -3.46. The zero-order valence-electron chi connectivity index (χ0n) is 16.1. The van der Waals surface area contributed by atoms with Gasteiger partial charge in [0.05, 0.1) is 11.3 Å². The van der Waals surface area contributed by atoms with Crippen molar-refractivity contribution in [3.63, 3.8) is 0 Å². The zero-order valence-corrected chi connectivity index (χ0v) is 16.1. The second kappa shape index (κ2) is 7.65. The minimum atomic E-state index is 0.663. The van der Waals surface area contributed by atoms with Gasteiger partial charge in [-0.2, -0.15) is 5.26 Å². The minimum absolute atomic E-state index is 0.663. The number of hydrogen-bond acceptors (Lipinski definition) is 6. The topological polar surface area (TPSA) is 68.9 Å². The molecular formula is C22H22N6. The molecule has 0 N–H and O–H groups in total. The number of aryl methyl sites for hydroxylation is 1. The summed E-state index contributed by atoms with van der Waals surface area (Å²) in [5, 5.41) is 9.37. The van der Waals surface area contributed by atoms with E-state index in [2.05, 4.69) is 32.8 Å². The molecule has 1 aromatic carbocycles. The maximum Gasteiger partial charge on any atom is 0.180 e. The summed E-state index contributed by atoms with van der Waals surface area (Å²) in [6, 6.07) is 15.9. The van der Waals surface area contributed by atoms with Gasteiger partial charge in [0.2, 0.25) is 0 Å². The second-order valence-corrected chi connectivity index (χ2v) is 6.90. The van der Waals surface area contributed by atoms with Crippen LogP contribution in [0.4, 0.5) is 11.5 Å². The normalized spacial score (nSPS) is 14.0. The van der Waals surface area contributed by atoms with Crippen LogP contribution >= 0.6 is 0 Å². The molecule has 1 aliphatic heterocycles. The first-order chi connectivity index (χ1) is 13.7. The molecule has 2 aromatic heterocycles. The summed E-state index contributed by atoms with van der Waals surface area (Å²) in [5.74, 6) is 1.64. The highest BCUT2D eigenvalue weighted by atomic mass is 15.3. The van der Waals surface area contributed by atoms with Crippen LogP contribution in [-0.2, 0) is 0 Å². The molecule has 0 radical (unpaired) electrons. The summed E-state index contributed by atoms with van der Waals surface area (Å²) in [5.41, 5.74) is 4.60. The van der Waals surface area contributed by atoms with E-state index in [0.29, 0.717) is 5.82 Å². The Morgan fingerprint density at radius 2 is 1.61 bits per heavy atom. The van der Waals surface area contributed by atoms with Crippen LogP contribution in [0.3, 0.4) is 0 Å². The molecule has 1 aliphatic rings. The Morgan fingerprint density at radius 1 is 0.893 bits per heavy atom. The molecule has 0 saturated carbocycles. The lowest BCUT2D eigenvalue weighted by Gasteiger charge is -2.37. The van der Waals surface area contributed by atoms with Crippen molar-refractivity contribution in [3.8, 4) is 17.6 Å². The van der Waals surface area contributed by atoms with Crippen molar-refractivity contribution in [2.75, 3.05) is 36.0 Å². The number of hydrogen-bond donors (Lipinski definition) is 0. The number of aromatic nitrogens is 3. The molecule has 28 heavy (non-hydrogen) atoms. The average molecular weight is 370 g/mol. The van der Waals surface area contributed by atoms with E-state index in [4.69, 9.17) is 4.98 Å². The van der Waals surface area contributed by atoms with Gasteiger partial charge in [-0.05, 0) is 38.1 Å². The number of rotatable bonds is 3. The number of anilines is 2. The predicted molar refractivity (Wildman–Crippen MR) is 110 cm³/mol. The van der Waals surface area contributed by atoms with Gasteiger partial charge in [0.1, 0.15) is 17.6 Å². The largest absolute Gasteiger partial charge is 0.367 e. The molecule has 3 aromatic rings. The Labute approximate surface area is 165 Å². The SMILES string of the molecule is Cc1nc(-c2ccccn2)nc(N2CCN(c3ccccc3C#N)CC2)c1C. The third-order valence-electron chi connectivity index (χ3n) is 5.20. The third kappa shape index (κ3) is 3.39. The second-order valence-electron chi connectivity index (χ2n) is 6.90. The van der Waals surface area contributed by atoms with Gasteiger partial charge in [-0.15, -0.1) is 0 Å². The summed E-state index contributed by atoms with van der Waals surface area (Å²) < 4.78 is 0. The van der Waals surface area contributed by atoms with Gasteiger partial charge in [0.25, 0.3) is 0 Å². The van der Waals surface area contributed by atoms with Gasteiger partial charge < -0.3 is 9.80 Å². The van der Waals surface area contributed by atoms with Crippen molar-refractivity contribution < 1.29 is 0 Å². The monoisotopic (exact) mass is 370 g/mol. The van der Waals surface area contributed by atoms with Crippen LogP contribution in [0.2, 0.25) is 0 Å². The van der Waals surface area contributed by atoms with Gasteiger partial charge in [-0.1, -0.05) is 18.2 Å². The van der Waals surface area contributed by atoms with Crippen molar-refractivity contribution in [1.82, 2.24) is 15.0 Å². The van der Waals surface area contributed by atoms with Gasteiger partial charge in [-0.3, -0.25) is 4.98 Å². The highest BCUT2D eigenvalue weighted by molar-refractivity contribution is 5.61. The predicted octanol–water partition coefficient (Wildman–Crippen LogP) is 3.35. The van der Waals surface area contributed by atoms with Crippen molar-refractivity contribution in [2.24, 2.45) is 0 Å². The van der Waals surface area contributed by atoms with E-state index >= 15 is 0 Å². The van der Waals surface area contributed by atoms with Crippen LogP contribution in [-0.4, -0.2) is 41.1 Å². The molecule has 140 valence electrons. The average Bonchev–Trinajstić information content (AvgIpc) is 2.76. The molecule has 1 fully saturated rings. The molecule has 0 unspecified atom stereocenters. The van der Waals surface area contributed by atoms with Crippen molar-refractivity contribution in [2.45, 2.75) is 13.8 Å². The molecule has 3 heterocycles. The molecule has 4 rings (SSSR count). The summed E-state index contributed by atoms with van der Waals surface area (Å²) in [4.78, 5) is 18.5. The number of nitrogens with zero attached hydrogens (tertiary/aromatic N) is 6. The van der Waals surface area contributed by atoms with E-state index in [-0.39, 0.29) is 0 Å². The Morgan fingerprint density at radius 3 is 2.32 bits per heavy atom. The van der Waals surface area contributed by atoms with Gasteiger partial charge >= 0.3 is 0 Å². The Bertz CT molecular complexity index is 1020. The first kappa shape index (κ1) is 17.9. The van der Waals surface area contributed by atoms with E-state index in [1.54, 1.807) is 6.20 Å². The van der Waals surface area contributed by atoms with Gasteiger partial charge in [0.15, 0.2) is 5.82 Å². The molecular weight excluding hydrogens is 348 g/mol. The Balaban J connectivity index is 1.58. The van der Waals surface area contributed by atoms with E-state index in [9.17, 15) is 5.26 Å². The number of pyridine rings is 1. The standard InChI is InChI=1S/C22H22N6/c1-16-17(2)25-21(19-8-5-6-10-24-19)26-22(16)28-13-11-27(12-14-28)20-9-4-3-7-18(20)15-23/h3-10H,11-14H2,1-2H3. The number of para-hydroxylation sites is 1. The fourth-order valence-electron chi connectivity index (χ4n) is 3.53. The summed E-state index contributed by atoms with van der Waals surface area (Å²) in [6.07, 6.45) is 1.76. The molecule has 0 bridgehead atoms. The fraction of sp³-hybridized carbons (Fsp3) is 0.273. The quantitative estimate of drug-likeness (QED) is 0.704. The maximum atomic E-state index is 9.37. The molecule has 6 heteroatoms. The smallest absolute Gasteiger partial charge is 0.180 e. The lowest BCUT2D eigenvalue weighted by atomic mass is 10.1. The molecule has 0 aliphatic carbocycles.